The predicted molar refractivity (Wildman–Crippen MR) is 57.9 cm³/mol. The quantitative estimate of drug-likeness (QED) is 0.663. The maximum atomic E-state index is 9.68. The molecule has 0 bridgehead atoms. The highest BCUT2D eigenvalue weighted by Gasteiger charge is 2.09. The van der Waals surface area contributed by atoms with E-state index in [0.29, 0.717) is 17.2 Å². The van der Waals surface area contributed by atoms with Gasteiger partial charge in [-0.2, -0.15) is 4.98 Å². The molecule has 0 saturated heterocycles. The van der Waals surface area contributed by atoms with Crippen LogP contribution in [-0.2, 0) is 0 Å². The third-order valence-corrected chi connectivity index (χ3v) is 2.26. The van der Waals surface area contributed by atoms with Gasteiger partial charge in [-0.25, -0.2) is 9.50 Å². The Kier molecular flexibility index (Phi) is 1.83. The molecule has 5 heteroatoms. The Hall–Kier alpha value is -2.43. The van der Waals surface area contributed by atoms with Crippen molar-refractivity contribution >= 4 is 5.78 Å². The maximum Gasteiger partial charge on any atom is 0.252 e. The molecule has 0 amide bonds. The fraction of sp³-hybridized carbons (Fsp3) is 0. The molecule has 0 fully saturated rings. The number of aromatic hydroxyl groups is 1. The van der Waals surface area contributed by atoms with Crippen molar-refractivity contribution in [2.45, 2.75) is 0 Å². The van der Waals surface area contributed by atoms with E-state index in [1.807, 2.05) is 6.07 Å². The lowest BCUT2D eigenvalue weighted by molar-refractivity contribution is 0.477. The molecule has 2 aromatic heterocycles. The van der Waals surface area contributed by atoms with Gasteiger partial charge in [0.15, 0.2) is 5.82 Å². The van der Waals surface area contributed by atoms with Crippen molar-refractivity contribution in [2.24, 2.45) is 0 Å². The minimum absolute atomic E-state index is 0.165. The Balaban J connectivity index is 2.23. The van der Waals surface area contributed by atoms with E-state index in [9.17, 15) is 5.11 Å². The van der Waals surface area contributed by atoms with E-state index in [2.05, 4.69) is 15.1 Å². The number of rotatable bonds is 1. The van der Waals surface area contributed by atoms with Gasteiger partial charge in [0.25, 0.3) is 5.78 Å². The van der Waals surface area contributed by atoms with Crippen molar-refractivity contribution in [3.05, 3.63) is 42.7 Å². The molecular weight excluding hydrogens is 204 g/mol. The van der Waals surface area contributed by atoms with Crippen LogP contribution in [-0.4, -0.2) is 24.7 Å². The largest absolute Gasteiger partial charge is 0.507 e. The van der Waals surface area contributed by atoms with Crippen LogP contribution in [0.25, 0.3) is 17.2 Å². The van der Waals surface area contributed by atoms with Crippen molar-refractivity contribution in [1.29, 1.82) is 0 Å². The zero-order valence-corrected chi connectivity index (χ0v) is 8.28. The highest BCUT2D eigenvalue weighted by Crippen LogP contribution is 2.25. The molecule has 3 rings (SSSR count). The normalized spacial score (nSPS) is 10.8. The van der Waals surface area contributed by atoms with Crippen molar-refractivity contribution in [1.82, 2.24) is 19.6 Å². The number of phenols is 1. The SMILES string of the molecule is Oc1ccccc1-c1nc2ncccn2n1. The van der Waals surface area contributed by atoms with Crippen LogP contribution in [0.3, 0.4) is 0 Å². The third kappa shape index (κ3) is 1.30. The summed E-state index contributed by atoms with van der Waals surface area (Å²) in [6.07, 6.45) is 3.41. The lowest BCUT2D eigenvalue weighted by Gasteiger charge is -1.97. The number of fused-ring (bicyclic) bond motifs is 1. The predicted octanol–water partition coefficient (Wildman–Crippen LogP) is 1.50. The second kappa shape index (κ2) is 3.30. The first-order valence-electron chi connectivity index (χ1n) is 4.80. The van der Waals surface area contributed by atoms with E-state index in [-0.39, 0.29) is 5.75 Å². The highest BCUT2D eigenvalue weighted by molar-refractivity contribution is 5.64. The standard InChI is InChI=1S/C11H8N4O/c16-9-5-2-1-4-8(9)10-13-11-12-6-3-7-15(11)14-10/h1-7,16H. The van der Waals surface area contributed by atoms with Crippen LogP contribution in [0, 0.1) is 0 Å². The van der Waals surface area contributed by atoms with Gasteiger partial charge in [-0.15, -0.1) is 5.10 Å². The number of phenolic OH excluding ortho intramolecular Hbond substituents is 1. The van der Waals surface area contributed by atoms with E-state index in [0.717, 1.165) is 0 Å². The van der Waals surface area contributed by atoms with Crippen LogP contribution < -0.4 is 0 Å². The molecule has 1 aromatic carbocycles. The first-order valence-corrected chi connectivity index (χ1v) is 4.80. The average molecular weight is 212 g/mol. The van der Waals surface area contributed by atoms with Crippen LogP contribution in [0.5, 0.6) is 5.75 Å². The van der Waals surface area contributed by atoms with E-state index in [4.69, 9.17) is 0 Å². The summed E-state index contributed by atoms with van der Waals surface area (Å²) >= 11 is 0. The summed E-state index contributed by atoms with van der Waals surface area (Å²) in [5, 5.41) is 13.9. The molecule has 0 radical (unpaired) electrons. The third-order valence-electron chi connectivity index (χ3n) is 2.26. The molecule has 1 N–H and O–H groups in total. The monoisotopic (exact) mass is 212 g/mol. The van der Waals surface area contributed by atoms with Crippen LogP contribution in [0.2, 0.25) is 0 Å². The molecule has 2 heterocycles. The summed E-state index contributed by atoms with van der Waals surface area (Å²) in [7, 11) is 0. The van der Waals surface area contributed by atoms with Gasteiger partial charge >= 0.3 is 0 Å². The molecule has 0 atom stereocenters. The Morgan fingerprint density at radius 3 is 2.81 bits per heavy atom. The summed E-state index contributed by atoms with van der Waals surface area (Å²) < 4.78 is 1.57. The van der Waals surface area contributed by atoms with Gasteiger partial charge in [0.2, 0.25) is 0 Å². The number of nitrogens with zero attached hydrogens (tertiary/aromatic N) is 4. The summed E-state index contributed by atoms with van der Waals surface area (Å²) in [6, 6.07) is 8.73. The number of benzene rings is 1. The first kappa shape index (κ1) is 8.84. The zero-order chi connectivity index (χ0) is 11.0. The topological polar surface area (TPSA) is 63.3 Å². The number of hydrogen-bond donors (Lipinski definition) is 1. The molecule has 0 aliphatic carbocycles. The average Bonchev–Trinajstić information content (AvgIpc) is 2.73. The lowest BCUT2D eigenvalue weighted by Crippen LogP contribution is -1.87. The van der Waals surface area contributed by atoms with Gasteiger partial charge in [0.1, 0.15) is 5.75 Å². The number of para-hydroxylation sites is 1. The summed E-state index contributed by atoms with van der Waals surface area (Å²) in [4.78, 5) is 8.29. The van der Waals surface area contributed by atoms with Gasteiger partial charge in [0, 0.05) is 12.4 Å². The van der Waals surface area contributed by atoms with E-state index < -0.39 is 0 Å². The number of hydrogen-bond acceptors (Lipinski definition) is 4. The number of aromatic nitrogens is 4. The van der Waals surface area contributed by atoms with Crippen molar-refractivity contribution < 1.29 is 5.11 Å². The summed E-state index contributed by atoms with van der Waals surface area (Å²) in [5.41, 5.74) is 0.605. The molecule has 0 aliphatic heterocycles. The van der Waals surface area contributed by atoms with Crippen LogP contribution in [0.1, 0.15) is 0 Å². The van der Waals surface area contributed by atoms with Gasteiger partial charge in [-0.1, -0.05) is 12.1 Å². The Morgan fingerprint density at radius 1 is 1.12 bits per heavy atom. The van der Waals surface area contributed by atoms with Crippen molar-refractivity contribution in [3.63, 3.8) is 0 Å². The van der Waals surface area contributed by atoms with Crippen LogP contribution in [0.15, 0.2) is 42.7 Å². The minimum atomic E-state index is 0.165. The highest BCUT2D eigenvalue weighted by atomic mass is 16.3. The van der Waals surface area contributed by atoms with Gasteiger partial charge in [-0.05, 0) is 18.2 Å². The smallest absolute Gasteiger partial charge is 0.252 e. The van der Waals surface area contributed by atoms with E-state index >= 15 is 0 Å². The zero-order valence-electron chi connectivity index (χ0n) is 8.28. The molecule has 5 nitrogen and oxygen atoms in total. The summed E-state index contributed by atoms with van der Waals surface area (Å²) in [6.45, 7) is 0. The molecule has 0 spiro atoms. The maximum absolute atomic E-state index is 9.68. The summed E-state index contributed by atoms with van der Waals surface area (Å²) in [5.74, 6) is 1.15. The first-order chi connectivity index (χ1) is 7.84. The van der Waals surface area contributed by atoms with Gasteiger partial charge in [0.05, 0.1) is 5.56 Å². The lowest BCUT2D eigenvalue weighted by atomic mass is 10.2. The van der Waals surface area contributed by atoms with E-state index in [1.165, 1.54) is 0 Å². The van der Waals surface area contributed by atoms with Crippen LogP contribution >= 0.6 is 0 Å². The second-order valence-electron chi connectivity index (χ2n) is 3.32. The fourth-order valence-corrected chi connectivity index (χ4v) is 1.51. The molecule has 3 aromatic rings. The fourth-order valence-electron chi connectivity index (χ4n) is 1.51. The Bertz CT molecular complexity index is 614. The Morgan fingerprint density at radius 2 is 2.00 bits per heavy atom. The minimum Gasteiger partial charge on any atom is -0.507 e. The second-order valence-corrected chi connectivity index (χ2v) is 3.32. The van der Waals surface area contributed by atoms with Gasteiger partial charge < -0.3 is 5.11 Å². The van der Waals surface area contributed by atoms with Gasteiger partial charge in [-0.3, -0.25) is 0 Å². The van der Waals surface area contributed by atoms with Crippen molar-refractivity contribution in [3.8, 4) is 17.1 Å². The van der Waals surface area contributed by atoms with Crippen LogP contribution in [0.4, 0.5) is 0 Å². The molecular formula is C11H8N4O. The molecule has 0 unspecified atom stereocenters. The Labute approximate surface area is 91.0 Å². The molecule has 0 saturated carbocycles. The van der Waals surface area contributed by atoms with E-state index in [1.54, 1.807) is 41.2 Å². The molecule has 78 valence electrons. The van der Waals surface area contributed by atoms with Crippen molar-refractivity contribution in [2.75, 3.05) is 0 Å². The molecule has 0 aliphatic rings. The molecule has 16 heavy (non-hydrogen) atoms.